The van der Waals surface area contributed by atoms with Crippen LogP contribution in [0.5, 0.6) is 0 Å². The van der Waals surface area contributed by atoms with Gasteiger partial charge in [0.2, 0.25) is 5.13 Å². The van der Waals surface area contributed by atoms with Crippen LogP contribution >= 0.6 is 45.9 Å². The number of carbonyl (C=O) groups is 1. The molecule has 0 aliphatic heterocycles. The molecule has 4 aromatic rings. The highest BCUT2D eigenvalue weighted by Gasteiger charge is 2.18. The van der Waals surface area contributed by atoms with E-state index in [9.17, 15) is 9.18 Å². The Morgan fingerprint density at radius 1 is 1.23 bits per heavy atom. The van der Waals surface area contributed by atoms with Crippen molar-refractivity contribution in [2.24, 2.45) is 0 Å². The Morgan fingerprint density at radius 2 is 2.04 bits per heavy atom. The monoisotopic (exact) mass is 426 g/mol. The maximum Gasteiger partial charge on any atom is 0.259 e. The molecule has 0 saturated heterocycles. The molecule has 10 heteroatoms. The Bertz CT molecular complexity index is 1150. The Kier molecular flexibility index (Phi) is 4.44. The molecule has 5 nitrogen and oxygen atoms in total. The normalized spacial score (nSPS) is 11.2. The van der Waals surface area contributed by atoms with Crippen molar-refractivity contribution in [1.29, 1.82) is 0 Å². The minimum Gasteiger partial charge on any atom is -0.306 e. The van der Waals surface area contributed by atoms with Crippen LogP contribution in [0.1, 0.15) is 16.1 Å². The van der Waals surface area contributed by atoms with Crippen molar-refractivity contribution in [1.82, 2.24) is 14.8 Å². The van der Waals surface area contributed by atoms with E-state index in [0.29, 0.717) is 41.1 Å². The highest BCUT2D eigenvalue weighted by atomic mass is 35.5. The predicted octanol–water partition coefficient (Wildman–Crippen LogP) is 5.55. The standard InChI is InChI=1S/C16H9Cl2FN4OS2/c1-7-4-13(21-15(24)9-6-12(17)26-14(9)18)23(22-7)16-20-10-3-2-8(19)5-11(10)25-16/h2-6H,1H3,(H,21,24). The number of amides is 1. The number of thiazole rings is 1. The molecule has 0 radical (unpaired) electrons. The zero-order chi connectivity index (χ0) is 18.4. The minimum absolute atomic E-state index is 0.290. The Hall–Kier alpha value is -2.00. The second-order valence-electron chi connectivity index (χ2n) is 5.38. The summed E-state index contributed by atoms with van der Waals surface area (Å²) in [5.41, 5.74) is 1.64. The average molecular weight is 427 g/mol. The second-order valence-corrected chi connectivity index (χ2v) is 8.68. The Labute approximate surface area is 165 Å². The third-order valence-corrected chi connectivity index (χ3v) is 5.98. The molecule has 0 bridgehead atoms. The van der Waals surface area contributed by atoms with Crippen molar-refractivity contribution in [3.8, 4) is 5.13 Å². The minimum atomic E-state index is -0.397. The molecule has 4 rings (SSSR count). The summed E-state index contributed by atoms with van der Waals surface area (Å²) in [7, 11) is 0. The molecule has 0 spiro atoms. The average Bonchev–Trinajstić information content (AvgIpc) is 3.23. The van der Waals surface area contributed by atoms with E-state index in [2.05, 4.69) is 15.4 Å². The number of nitrogens with zero attached hydrogens (tertiary/aromatic N) is 3. The highest BCUT2D eigenvalue weighted by Crippen LogP contribution is 2.32. The fourth-order valence-electron chi connectivity index (χ4n) is 2.39. The zero-order valence-electron chi connectivity index (χ0n) is 13.1. The van der Waals surface area contributed by atoms with E-state index in [1.165, 1.54) is 34.2 Å². The number of hydrogen-bond acceptors (Lipinski definition) is 5. The number of benzene rings is 1. The maximum atomic E-state index is 13.4. The van der Waals surface area contributed by atoms with Gasteiger partial charge >= 0.3 is 0 Å². The summed E-state index contributed by atoms with van der Waals surface area (Å²) in [6, 6.07) is 7.60. The quantitative estimate of drug-likeness (QED) is 0.466. The van der Waals surface area contributed by atoms with Gasteiger partial charge in [0, 0.05) is 6.07 Å². The van der Waals surface area contributed by atoms with E-state index < -0.39 is 5.91 Å². The first-order valence-electron chi connectivity index (χ1n) is 7.30. The fraction of sp³-hybridized carbons (Fsp3) is 0.0625. The second kappa shape index (κ2) is 6.62. The van der Waals surface area contributed by atoms with Crippen LogP contribution in [-0.4, -0.2) is 20.7 Å². The molecule has 0 unspecified atom stereocenters. The van der Waals surface area contributed by atoms with Gasteiger partial charge < -0.3 is 5.32 Å². The van der Waals surface area contributed by atoms with E-state index in [-0.39, 0.29) is 5.82 Å². The number of anilines is 1. The van der Waals surface area contributed by atoms with Crippen molar-refractivity contribution in [3.63, 3.8) is 0 Å². The number of thiophene rings is 1. The zero-order valence-corrected chi connectivity index (χ0v) is 16.2. The predicted molar refractivity (Wildman–Crippen MR) is 104 cm³/mol. The molecule has 3 heterocycles. The summed E-state index contributed by atoms with van der Waals surface area (Å²) in [6.07, 6.45) is 0. The van der Waals surface area contributed by atoms with Crippen LogP contribution in [0.2, 0.25) is 8.67 Å². The van der Waals surface area contributed by atoms with E-state index in [1.54, 1.807) is 19.1 Å². The van der Waals surface area contributed by atoms with Gasteiger partial charge in [-0.2, -0.15) is 9.78 Å². The van der Waals surface area contributed by atoms with Gasteiger partial charge in [-0.15, -0.1) is 11.3 Å². The highest BCUT2D eigenvalue weighted by molar-refractivity contribution is 7.21. The molecule has 0 aliphatic carbocycles. The van der Waals surface area contributed by atoms with E-state index in [0.717, 1.165) is 11.3 Å². The molecule has 0 aliphatic rings. The number of halogens is 3. The first-order valence-corrected chi connectivity index (χ1v) is 9.69. The van der Waals surface area contributed by atoms with Gasteiger partial charge in [0.15, 0.2) is 0 Å². The van der Waals surface area contributed by atoms with Gasteiger partial charge in [0.25, 0.3) is 5.91 Å². The SMILES string of the molecule is Cc1cc(NC(=O)c2cc(Cl)sc2Cl)n(-c2nc3ccc(F)cc3s2)n1. The van der Waals surface area contributed by atoms with Gasteiger partial charge in [-0.05, 0) is 31.2 Å². The van der Waals surface area contributed by atoms with Crippen molar-refractivity contribution in [3.05, 3.63) is 56.1 Å². The molecule has 0 fully saturated rings. The van der Waals surface area contributed by atoms with Crippen LogP contribution in [0.25, 0.3) is 15.3 Å². The number of rotatable bonds is 3. The summed E-state index contributed by atoms with van der Waals surface area (Å²) in [6.45, 7) is 1.80. The summed E-state index contributed by atoms with van der Waals surface area (Å²) < 4.78 is 16.4. The van der Waals surface area contributed by atoms with Crippen LogP contribution in [0, 0.1) is 12.7 Å². The van der Waals surface area contributed by atoms with Crippen LogP contribution < -0.4 is 5.32 Å². The summed E-state index contributed by atoms with van der Waals surface area (Å²) in [5.74, 6) is -0.293. The summed E-state index contributed by atoms with van der Waals surface area (Å²) in [4.78, 5) is 17.0. The molecule has 0 atom stereocenters. The molecule has 132 valence electrons. The van der Waals surface area contributed by atoms with E-state index in [1.807, 2.05) is 0 Å². The lowest BCUT2D eigenvalue weighted by Gasteiger charge is -2.05. The molecule has 1 aromatic carbocycles. The lowest BCUT2D eigenvalue weighted by Crippen LogP contribution is -2.14. The molecule has 1 amide bonds. The maximum absolute atomic E-state index is 13.4. The van der Waals surface area contributed by atoms with Gasteiger partial charge in [-0.3, -0.25) is 4.79 Å². The third kappa shape index (κ3) is 3.21. The molecular formula is C16H9Cl2FN4OS2. The van der Waals surface area contributed by atoms with Gasteiger partial charge in [0.1, 0.15) is 16.0 Å². The lowest BCUT2D eigenvalue weighted by atomic mass is 10.3. The summed E-state index contributed by atoms with van der Waals surface area (Å²) >= 11 is 14.3. The largest absolute Gasteiger partial charge is 0.306 e. The number of aromatic nitrogens is 3. The molecule has 1 N–H and O–H groups in total. The number of nitrogens with one attached hydrogen (secondary N) is 1. The van der Waals surface area contributed by atoms with Crippen molar-refractivity contribution >= 4 is 67.8 Å². The van der Waals surface area contributed by atoms with Gasteiger partial charge in [-0.25, -0.2) is 9.37 Å². The van der Waals surface area contributed by atoms with Crippen molar-refractivity contribution in [2.75, 3.05) is 5.32 Å². The van der Waals surface area contributed by atoms with Crippen molar-refractivity contribution < 1.29 is 9.18 Å². The van der Waals surface area contributed by atoms with Crippen LogP contribution in [-0.2, 0) is 0 Å². The van der Waals surface area contributed by atoms with Crippen molar-refractivity contribution in [2.45, 2.75) is 6.92 Å². The molecule has 26 heavy (non-hydrogen) atoms. The Morgan fingerprint density at radius 3 is 2.77 bits per heavy atom. The van der Waals surface area contributed by atoms with Crippen LogP contribution in [0.3, 0.4) is 0 Å². The molecule has 3 aromatic heterocycles. The number of aryl methyl sites for hydroxylation is 1. The van der Waals surface area contributed by atoms with E-state index in [4.69, 9.17) is 23.2 Å². The summed E-state index contributed by atoms with van der Waals surface area (Å²) in [5, 5.41) is 7.66. The Balaban J connectivity index is 1.72. The molecule has 0 saturated carbocycles. The number of hydrogen-bond donors (Lipinski definition) is 1. The number of fused-ring (bicyclic) bond motifs is 1. The van der Waals surface area contributed by atoms with Crippen LogP contribution in [0.15, 0.2) is 30.3 Å². The first-order chi connectivity index (χ1) is 12.4. The van der Waals surface area contributed by atoms with E-state index >= 15 is 0 Å². The van der Waals surface area contributed by atoms with Crippen LogP contribution in [0.4, 0.5) is 10.2 Å². The first kappa shape index (κ1) is 17.4. The van der Waals surface area contributed by atoms with Gasteiger partial charge in [-0.1, -0.05) is 34.5 Å². The fourth-order valence-corrected chi connectivity index (χ4v) is 4.80. The number of carbonyl (C=O) groups excluding carboxylic acids is 1. The third-order valence-electron chi connectivity index (χ3n) is 3.49. The lowest BCUT2D eigenvalue weighted by molar-refractivity contribution is 0.102. The topological polar surface area (TPSA) is 59.8 Å². The smallest absolute Gasteiger partial charge is 0.259 e. The van der Waals surface area contributed by atoms with Gasteiger partial charge in [0.05, 0.1) is 25.8 Å². The molecular weight excluding hydrogens is 418 g/mol.